The van der Waals surface area contributed by atoms with Crippen LogP contribution in [-0.2, 0) is 9.59 Å². The topological polar surface area (TPSA) is 66.4 Å². The van der Waals surface area contributed by atoms with Crippen LogP contribution in [0.5, 0.6) is 0 Å². The van der Waals surface area contributed by atoms with Crippen LogP contribution < -0.4 is 5.32 Å². The van der Waals surface area contributed by atoms with Gasteiger partial charge in [0.1, 0.15) is 0 Å². The Bertz CT molecular complexity index is 354. The van der Waals surface area contributed by atoms with Crippen molar-refractivity contribution in [3.63, 3.8) is 0 Å². The van der Waals surface area contributed by atoms with Crippen LogP contribution in [0.4, 0.5) is 0 Å². The van der Waals surface area contributed by atoms with Crippen molar-refractivity contribution in [2.24, 2.45) is 23.7 Å². The summed E-state index contributed by atoms with van der Waals surface area (Å²) in [5.74, 6) is 2.17. The van der Waals surface area contributed by atoms with E-state index in [1.807, 2.05) is 11.8 Å². The van der Waals surface area contributed by atoms with Gasteiger partial charge in [0.2, 0.25) is 5.91 Å². The lowest BCUT2D eigenvalue weighted by Crippen LogP contribution is -2.39. The second-order valence-corrected chi connectivity index (χ2v) is 6.57. The van der Waals surface area contributed by atoms with Gasteiger partial charge in [0.05, 0.1) is 5.92 Å². The molecule has 1 unspecified atom stereocenters. The van der Waals surface area contributed by atoms with Crippen LogP contribution in [0.2, 0.25) is 0 Å². The predicted octanol–water partition coefficient (Wildman–Crippen LogP) is 0.965. The summed E-state index contributed by atoms with van der Waals surface area (Å²) in [6.45, 7) is 0. The van der Waals surface area contributed by atoms with Gasteiger partial charge in [-0.25, -0.2) is 0 Å². The van der Waals surface area contributed by atoms with E-state index in [4.69, 9.17) is 5.11 Å². The molecule has 0 aromatic carbocycles. The van der Waals surface area contributed by atoms with Crippen LogP contribution in [0.3, 0.4) is 0 Å². The number of carbonyl (C=O) groups excluding carboxylic acids is 1. The first-order chi connectivity index (χ1) is 8.16. The Labute approximate surface area is 105 Å². The highest BCUT2D eigenvalue weighted by Gasteiger charge is 2.57. The molecule has 1 amide bonds. The Morgan fingerprint density at radius 3 is 2.65 bits per heavy atom. The fourth-order valence-corrected chi connectivity index (χ4v) is 4.50. The summed E-state index contributed by atoms with van der Waals surface area (Å²) < 4.78 is 0. The molecule has 3 rings (SSSR count). The largest absolute Gasteiger partial charge is 0.481 e. The molecule has 4 nitrogen and oxygen atoms in total. The van der Waals surface area contributed by atoms with Gasteiger partial charge in [0, 0.05) is 17.7 Å². The van der Waals surface area contributed by atoms with E-state index in [0.717, 1.165) is 24.3 Å². The van der Waals surface area contributed by atoms with E-state index in [-0.39, 0.29) is 23.8 Å². The number of rotatable bonds is 3. The number of aliphatic carboxylic acids is 1. The first kappa shape index (κ1) is 11.4. The van der Waals surface area contributed by atoms with Crippen molar-refractivity contribution in [3.8, 4) is 0 Å². The fourth-order valence-electron chi connectivity index (χ4n) is 3.28. The average Bonchev–Trinajstić information content (AvgIpc) is 2.77. The summed E-state index contributed by atoms with van der Waals surface area (Å²) in [5, 5.41) is 12.1. The molecule has 3 fully saturated rings. The van der Waals surface area contributed by atoms with Crippen LogP contribution in [0.25, 0.3) is 0 Å². The van der Waals surface area contributed by atoms with Crippen molar-refractivity contribution in [2.75, 3.05) is 11.5 Å². The normalized spacial score (nSPS) is 43.2. The molecule has 2 N–H and O–H groups in total. The minimum absolute atomic E-state index is 0.124. The van der Waals surface area contributed by atoms with Crippen LogP contribution in [0.15, 0.2) is 0 Å². The van der Waals surface area contributed by atoms with Crippen molar-refractivity contribution in [3.05, 3.63) is 0 Å². The molecular formula is C12H17NO3S. The van der Waals surface area contributed by atoms with Gasteiger partial charge in [0.15, 0.2) is 0 Å². The second kappa shape index (κ2) is 4.19. The number of amides is 1. The first-order valence-corrected chi connectivity index (χ1v) is 7.43. The number of fused-ring (bicyclic) bond motifs is 1. The monoisotopic (exact) mass is 255 g/mol. The van der Waals surface area contributed by atoms with Crippen molar-refractivity contribution in [1.29, 1.82) is 0 Å². The number of carboxylic acid groups (broad SMARTS) is 1. The zero-order valence-corrected chi connectivity index (χ0v) is 10.4. The summed E-state index contributed by atoms with van der Waals surface area (Å²) in [5.41, 5.74) is 0. The minimum atomic E-state index is -0.689. The molecule has 5 atom stereocenters. The zero-order chi connectivity index (χ0) is 12.0. The average molecular weight is 255 g/mol. The summed E-state index contributed by atoms with van der Waals surface area (Å²) >= 11 is 1.83. The Morgan fingerprint density at radius 1 is 1.24 bits per heavy atom. The van der Waals surface area contributed by atoms with Crippen LogP contribution >= 0.6 is 11.8 Å². The molecular weight excluding hydrogens is 238 g/mol. The summed E-state index contributed by atoms with van der Waals surface area (Å²) in [6.07, 6.45) is 2.59. The lowest BCUT2D eigenvalue weighted by atomic mass is 10.0. The molecule has 1 heterocycles. The number of hydrogen-bond donors (Lipinski definition) is 2. The van der Waals surface area contributed by atoms with Crippen LogP contribution in [-0.4, -0.2) is 34.5 Å². The number of hydrogen-bond acceptors (Lipinski definition) is 3. The maximum atomic E-state index is 12.0. The van der Waals surface area contributed by atoms with Crippen molar-refractivity contribution >= 4 is 23.6 Å². The lowest BCUT2D eigenvalue weighted by molar-refractivity contribution is -0.142. The molecule has 3 aliphatic rings. The number of carbonyl (C=O) groups is 2. The Balaban J connectivity index is 1.56. The van der Waals surface area contributed by atoms with Gasteiger partial charge in [-0.1, -0.05) is 0 Å². The SMILES string of the molecule is O=C(N[C@H]1C[C@@H](C(=O)O)[C@@H]2C[C@@H]21)C1CCSC1. The van der Waals surface area contributed by atoms with Gasteiger partial charge in [0.25, 0.3) is 0 Å². The third kappa shape index (κ3) is 2.05. The van der Waals surface area contributed by atoms with Gasteiger partial charge in [-0.15, -0.1) is 0 Å². The Kier molecular flexibility index (Phi) is 2.81. The number of carboxylic acids is 1. The molecule has 0 spiro atoms. The molecule has 2 saturated carbocycles. The van der Waals surface area contributed by atoms with Gasteiger partial charge in [-0.2, -0.15) is 11.8 Å². The smallest absolute Gasteiger partial charge is 0.306 e. The maximum Gasteiger partial charge on any atom is 0.306 e. The lowest BCUT2D eigenvalue weighted by Gasteiger charge is -2.18. The molecule has 1 aliphatic heterocycles. The summed E-state index contributed by atoms with van der Waals surface area (Å²) in [7, 11) is 0. The summed E-state index contributed by atoms with van der Waals surface area (Å²) in [6, 6.07) is 0.124. The number of nitrogens with one attached hydrogen (secondary N) is 1. The molecule has 1 saturated heterocycles. The van der Waals surface area contributed by atoms with Crippen molar-refractivity contribution < 1.29 is 14.7 Å². The molecule has 0 radical (unpaired) electrons. The Hall–Kier alpha value is -0.710. The van der Waals surface area contributed by atoms with E-state index >= 15 is 0 Å². The zero-order valence-electron chi connectivity index (χ0n) is 9.59. The number of thioether (sulfide) groups is 1. The van der Waals surface area contributed by atoms with Gasteiger partial charge < -0.3 is 10.4 Å². The van der Waals surface area contributed by atoms with Gasteiger partial charge in [-0.3, -0.25) is 9.59 Å². The highest BCUT2D eigenvalue weighted by molar-refractivity contribution is 7.99. The third-order valence-corrected chi connectivity index (χ3v) is 5.54. The molecule has 5 heteroatoms. The second-order valence-electron chi connectivity index (χ2n) is 5.42. The predicted molar refractivity (Wildman–Crippen MR) is 64.7 cm³/mol. The van der Waals surface area contributed by atoms with E-state index in [1.54, 1.807) is 0 Å². The molecule has 0 bridgehead atoms. The van der Waals surface area contributed by atoms with E-state index < -0.39 is 5.97 Å². The molecule has 0 aromatic rings. The van der Waals surface area contributed by atoms with Crippen molar-refractivity contribution in [1.82, 2.24) is 5.32 Å². The van der Waals surface area contributed by atoms with E-state index in [1.165, 1.54) is 0 Å². The van der Waals surface area contributed by atoms with Gasteiger partial charge in [-0.05, 0) is 36.9 Å². The first-order valence-electron chi connectivity index (χ1n) is 6.27. The molecule has 2 aliphatic carbocycles. The fraction of sp³-hybridized carbons (Fsp3) is 0.833. The van der Waals surface area contributed by atoms with E-state index in [0.29, 0.717) is 18.3 Å². The standard InChI is InChI=1S/C12H17NO3S/c14-11(6-1-2-17-5-6)13-10-4-9(12(15)16)7-3-8(7)10/h6-10H,1-5H2,(H,13,14)(H,15,16)/t6?,7-,8+,9-,10+/m1/s1. The van der Waals surface area contributed by atoms with Crippen LogP contribution in [0.1, 0.15) is 19.3 Å². The van der Waals surface area contributed by atoms with E-state index in [9.17, 15) is 9.59 Å². The highest BCUT2D eigenvalue weighted by Crippen LogP contribution is 2.55. The maximum absolute atomic E-state index is 12.0. The molecule has 94 valence electrons. The summed E-state index contributed by atoms with van der Waals surface area (Å²) in [4.78, 5) is 23.0. The van der Waals surface area contributed by atoms with Gasteiger partial charge >= 0.3 is 5.97 Å². The third-order valence-electron chi connectivity index (χ3n) is 4.38. The minimum Gasteiger partial charge on any atom is -0.481 e. The highest BCUT2D eigenvalue weighted by atomic mass is 32.2. The molecule has 17 heavy (non-hydrogen) atoms. The van der Waals surface area contributed by atoms with E-state index in [2.05, 4.69) is 5.32 Å². The van der Waals surface area contributed by atoms with Crippen LogP contribution in [0, 0.1) is 23.7 Å². The molecule has 0 aromatic heterocycles. The Morgan fingerprint density at radius 2 is 2.06 bits per heavy atom. The quantitative estimate of drug-likeness (QED) is 0.788. The van der Waals surface area contributed by atoms with Crippen molar-refractivity contribution in [2.45, 2.75) is 25.3 Å².